The molecule has 4 nitrogen and oxygen atoms in total. The maximum absolute atomic E-state index is 11.7. The standard InChI is InChI=1S/C12H14N2O2/c1-16-11(15)12(5-6-12)9-4-7-13-10(14-9)8-2-3-8/h4,7-8H,2-3,5-6H2,1H3. The molecule has 2 aliphatic rings. The molecule has 0 bridgehead atoms. The monoisotopic (exact) mass is 218 g/mol. The van der Waals surface area contributed by atoms with Crippen molar-refractivity contribution in [3.05, 3.63) is 23.8 Å². The third-order valence-corrected chi connectivity index (χ3v) is 3.43. The number of aromatic nitrogens is 2. The smallest absolute Gasteiger partial charge is 0.317 e. The minimum absolute atomic E-state index is 0.159. The van der Waals surface area contributed by atoms with Gasteiger partial charge in [-0.25, -0.2) is 9.97 Å². The third kappa shape index (κ3) is 1.40. The van der Waals surface area contributed by atoms with Crippen LogP contribution in [-0.2, 0) is 14.9 Å². The van der Waals surface area contributed by atoms with Crippen molar-refractivity contribution in [2.45, 2.75) is 37.0 Å². The molecule has 0 unspecified atom stereocenters. The normalized spacial score (nSPS) is 21.6. The second kappa shape index (κ2) is 3.27. The van der Waals surface area contributed by atoms with E-state index in [9.17, 15) is 4.79 Å². The summed E-state index contributed by atoms with van der Waals surface area (Å²) in [7, 11) is 1.44. The number of rotatable bonds is 3. The van der Waals surface area contributed by atoms with Gasteiger partial charge in [-0.15, -0.1) is 0 Å². The molecule has 2 saturated carbocycles. The van der Waals surface area contributed by atoms with Crippen LogP contribution in [0.3, 0.4) is 0 Å². The van der Waals surface area contributed by atoms with Crippen molar-refractivity contribution in [1.29, 1.82) is 0 Å². The fourth-order valence-corrected chi connectivity index (χ4v) is 2.06. The van der Waals surface area contributed by atoms with Crippen LogP contribution in [0, 0.1) is 0 Å². The Morgan fingerprint density at radius 2 is 2.25 bits per heavy atom. The minimum Gasteiger partial charge on any atom is -0.468 e. The quantitative estimate of drug-likeness (QED) is 0.722. The maximum atomic E-state index is 11.7. The van der Waals surface area contributed by atoms with Crippen LogP contribution in [-0.4, -0.2) is 23.0 Å². The Hall–Kier alpha value is -1.45. The van der Waals surface area contributed by atoms with Gasteiger partial charge in [0, 0.05) is 12.1 Å². The van der Waals surface area contributed by atoms with Gasteiger partial charge >= 0.3 is 5.97 Å². The van der Waals surface area contributed by atoms with Gasteiger partial charge in [0.05, 0.1) is 12.8 Å². The lowest BCUT2D eigenvalue weighted by atomic mass is 10.0. The number of nitrogens with zero attached hydrogens (tertiary/aromatic N) is 2. The Balaban J connectivity index is 1.94. The Kier molecular flexibility index (Phi) is 1.99. The first-order valence-corrected chi connectivity index (χ1v) is 5.68. The van der Waals surface area contributed by atoms with Gasteiger partial charge in [-0.1, -0.05) is 0 Å². The Morgan fingerprint density at radius 3 is 2.81 bits per heavy atom. The van der Waals surface area contributed by atoms with Crippen molar-refractivity contribution in [2.75, 3.05) is 7.11 Å². The third-order valence-electron chi connectivity index (χ3n) is 3.43. The van der Waals surface area contributed by atoms with Crippen LogP contribution >= 0.6 is 0 Å². The van der Waals surface area contributed by atoms with Crippen molar-refractivity contribution in [1.82, 2.24) is 9.97 Å². The number of carbonyl (C=O) groups is 1. The summed E-state index contributed by atoms with van der Waals surface area (Å²) in [5, 5.41) is 0. The number of methoxy groups -OCH3 is 1. The predicted molar refractivity (Wildman–Crippen MR) is 56.9 cm³/mol. The molecule has 2 fully saturated rings. The van der Waals surface area contributed by atoms with Crippen molar-refractivity contribution in [3.63, 3.8) is 0 Å². The zero-order valence-electron chi connectivity index (χ0n) is 9.27. The molecule has 0 amide bonds. The fourth-order valence-electron chi connectivity index (χ4n) is 2.06. The van der Waals surface area contributed by atoms with E-state index in [0.717, 1.165) is 24.4 Å². The summed E-state index contributed by atoms with van der Waals surface area (Å²) in [5.41, 5.74) is 0.387. The molecule has 0 radical (unpaired) electrons. The zero-order valence-corrected chi connectivity index (χ0v) is 9.27. The molecule has 1 heterocycles. The van der Waals surface area contributed by atoms with Gasteiger partial charge in [0.15, 0.2) is 0 Å². The predicted octanol–water partition coefficient (Wildman–Crippen LogP) is 1.56. The van der Waals surface area contributed by atoms with Crippen LogP contribution in [0.4, 0.5) is 0 Å². The number of hydrogen-bond acceptors (Lipinski definition) is 4. The van der Waals surface area contributed by atoms with E-state index in [0.29, 0.717) is 5.92 Å². The van der Waals surface area contributed by atoms with Crippen LogP contribution in [0.25, 0.3) is 0 Å². The van der Waals surface area contributed by atoms with Gasteiger partial charge < -0.3 is 4.74 Å². The van der Waals surface area contributed by atoms with E-state index in [1.165, 1.54) is 20.0 Å². The SMILES string of the molecule is COC(=O)C1(c2ccnc(C3CC3)n2)CC1. The Labute approximate surface area is 94.1 Å². The molecule has 16 heavy (non-hydrogen) atoms. The molecular formula is C12H14N2O2. The summed E-state index contributed by atoms with van der Waals surface area (Å²) >= 11 is 0. The van der Waals surface area contributed by atoms with Gasteiger partial charge in [0.25, 0.3) is 0 Å². The van der Waals surface area contributed by atoms with Gasteiger partial charge in [-0.2, -0.15) is 0 Å². The molecule has 1 aromatic heterocycles. The summed E-state index contributed by atoms with van der Waals surface area (Å²) in [6.45, 7) is 0. The lowest BCUT2D eigenvalue weighted by Crippen LogP contribution is -2.23. The summed E-state index contributed by atoms with van der Waals surface area (Å²) < 4.78 is 4.85. The molecule has 0 N–H and O–H groups in total. The first-order valence-electron chi connectivity index (χ1n) is 5.68. The molecule has 0 aliphatic heterocycles. The van der Waals surface area contributed by atoms with E-state index in [1.807, 2.05) is 6.07 Å². The van der Waals surface area contributed by atoms with Crippen molar-refractivity contribution in [3.8, 4) is 0 Å². The highest BCUT2D eigenvalue weighted by Crippen LogP contribution is 2.49. The van der Waals surface area contributed by atoms with E-state index >= 15 is 0 Å². The average molecular weight is 218 g/mol. The molecule has 0 saturated heterocycles. The number of hydrogen-bond donors (Lipinski definition) is 0. The fraction of sp³-hybridized carbons (Fsp3) is 0.583. The molecule has 4 heteroatoms. The van der Waals surface area contributed by atoms with E-state index in [1.54, 1.807) is 6.20 Å². The van der Waals surface area contributed by atoms with Gasteiger partial charge in [-0.05, 0) is 31.7 Å². The highest BCUT2D eigenvalue weighted by molar-refractivity contribution is 5.85. The van der Waals surface area contributed by atoms with Crippen LogP contribution in [0.2, 0.25) is 0 Å². The first kappa shape index (κ1) is 9.75. The molecule has 0 atom stereocenters. The van der Waals surface area contributed by atoms with Crippen LogP contribution in [0.15, 0.2) is 12.3 Å². The maximum Gasteiger partial charge on any atom is 0.317 e. The van der Waals surface area contributed by atoms with E-state index in [2.05, 4.69) is 9.97 Å². The van der Waals surface area contributed by atoms with Crippen molar-refractivity contribution < 1.29 is 9.53 Å². The van der Waals surface area contributed by atoms with Crippen LogP contribution in [0.1, 0.15) is 43.1 Å². The van der Waals surface area contributed by atoms with Crippen molar-refractivity contribution in [2.24, 2.45) is 0 Å². The Bertz CT molecular complexity index is 436. The minimum atomic E-state index is -0.457. The molecule has 84 valence electrons. The Morgan fingerprint density at radius 1 is 1.50 bits per heavy atom. The summed E-state index contributed by atoms with van der Waals surface area (Å²) in [5.74, 6) is 1.26. The molecule has 0 spiro atoms. The average Bonchev–Trinajstić information content (AvgIpc) is 3.20. The lowest BCUT2D eigenvalue weighted by molar-refractivity contribution is -0.143. The largest absolute Gasteiger partial charge is 0.468 e. The second-order valence-corrected chi connectivity index (χ2v) is 4.65. The molecule has 1 aromatic rings. The highest BCUT2D eigenvalue weighted by Gasteiger charge is 2.54. The van der Waals surface area contributed by atoms with Crippen molar-refractivity contribution >= 4 is 5.97 Å². The first-order chi connectivity index (χ1) is 7.76. The lowest BCUT2D eigenvalue weighted by Gasteiger charge is -2.12. The summed E-state index contributed by atoms with van der Waals surface area (Å²) in [6, 6.07) is 1.84. The van der Waals surface area contributed by atoms with Gasteiger partial charge in [0.1, 0.15) is 11.2 Å². The van der Waals surface area contributed by atoms with Crippen LogP contribution < -0.4 is 0 Å². The van der Waals surface area contributed by atoms with Crippen LogP contribution in [0.5, 0.6) is 0 Å². The second-order valence-electron chi connectivity index (χ2n) is 4.65. The number of ether oxygens (including phenoxy) is 1. The molecule has 2 aliphatic carbocycles. The van der Waals surface area contributed by atoms with E-state index < -0.39 is 5.41 Å². The number of esters is 1. The molecular weight excluding hydrogens is 204 g/mol. The topological polar surface area (TPSA) is 52.1 Å². The molecule has 0 aromatic carbocycles. The molecule has 3 rings (SSSR count). The summed E-state index contributed by atoms with van der Waals surface area (Å²) in [4.78, 5) is 20.5. The summed E-state index contributed by atoms with van der Waals surface area (Å²) in [6.07, 6.45) is 5.81. The van der Waals surface area contributed by atoms with E-state index in [4.69, 9.17) is 4.74 Å². The van der Waals surface area contributed by atoms with Gasteiger partial charge in [0.2, 0.25) is 0 Å². The van der Waals surface area contributed by atoms with E-state index in [-0.39, 0.29) is 5.97 Å². The highest BCUT2D eigenvalue weighted by atomic mass is 16.5. The van der Waals surface area contributed by atoms with Gasteiger partial charge in [-0.3, -0.25) is 4.79 Å². The zero-order chi connectivity index (χ0) is 11.2. The number of carbonyl (C=O) groups excluding carboxylic acids is 1.